The zero-order chi connectivity index (χ0) is 13.0. The van der Waals surface area contributed by atoms with Crippen molar-refractivity contribution >= 4 is 5.91 Å². The van der Waals surface area contributed by atoms with Crippen LogP contribution in [-0.2, 0) is 17.6 Å². The second kappa shape index (κ2) is 6.01. The van der Waals surface area contributed by atoms with Gasteiger partial charge in [-0.25, -0.2) is 0 Å². The van der Waals surface area contributed by atoms with Gasteiger partial charge in [0.15, 0.2) is 0 Å². The summed E-state index contributed by atoms with van der Waals surface area (Å²) in [5, 5.41) is 3.37. The molecule has 1 aromatic carbocycles. The fourth-order valence-corrected chi connectivity index (χ4v) is 2.76. The summed E-state index contributed by atoms with van der Waals surface area (Å²) in [5.41, 5.74) is 8.18. The van der Waals surface area contributed by atoms with Gasteiger partial charge in [0, 0.05) is 12.5 Å². The van der Waals surface area contributed by atoms with Crippen molar-refractivity contribution in [1.82, 2.24) is 5.32 Å². The summed E-state index contributed by atoms with van der Waals surface area (Å²) in [6.07, 6.45) is 3.98. The van der Waals surface area contributed by atoms with Crippen LogP contribution in [0.5, 0.6) is 0 Å². The molecule has 2 rings (SSSR count). The fourth-order valence-electron chi connectivity index (χ4n) is 2.76. The largest absolute Gasteiger partial charge is 0.370 e. The van der Waals surface area contributed by atoms with Gasteiger partial charge in [-0.2, -0.15) is 0 Å². The van der Waals surface area contributed by atoms with Gasteiger partial charge in [-0.15, -0.1) is 0 Å². The fraction of sp³-hybridized carbons (Fsp3) is 0.533. The number of nitrogens with two attached hydrogens (primary N) is 1. The predicted molar refractivity (Wildman–Crippen MR) is 73.2 cm³/mol. The maximum Gasteiger partial charge on any atom is 0.218 e. The second-order valence-corrected chi connectivity index (χ2v) is 5.36. The first kappa shape index (κ1) is 13.1. The molecule has 3 N–H and O–H groups in total. The second-order valence-electron chi connectivity index (χ2n) is 5.36. The van der Waals surface area contributed by atoms with E-state index in [1.165, 1.54) is 24.0 Å². The lowest BCUT2D eigenvalue weighted by molar-refractivity contribution is -0.118. The molecule has 18 heavy (non-hydrogen) atoms. The third-order valence-electron chi connectivity index (χ3n) is 3.69. The van der Waals surface area contributed by atoms with Gasteiger partial charge >= 0.3 is 0 Å². The Morgan fingerprint density at radius 2 is 2.00 bits per heavy atom. The molecule has 0 saturated heterocycles. The standard InChI is InChI=1S/C15H22N2O/c1-11(8-15(16)18)17-7-6-12-9-13-4-2-3-5-14(13)10-12/h2-5,11-12,17H,6-10H2,1H3,(H2,16,18)/t11-/m1/s1. The zero-order valence-electron chi connectivity index (χ0n) is 11.0. The average molecular weight is 246 g/mol. The number of hydrogen-bond donors (Lipinski definition) is 2. The summed E-state index contributed by atoms with van der Waals surface area (Å²) in [7, 11) is 0. The number of primary amides is 1. The van der Waals surface area contributed by atoms with Crippen LogP contribution in [0.25, 0.3) is 0 Å². The van der Waals surface area contributed by atoms with Crippen molar-refractivity contribution in [2.45, 2.75) is 38.6 Å². The Bertz CT molecular complexity index is 392. The van der Waals surface area contributed by atoms with E-state index in [0.29, 0.717) is 6.42 Å². The van der Waals surface area contributed by atoms with Crippen LogP contribution in [0.15, 0.2) is 24.3 Å². The Hall–Kier alpha value is -1.35. The van der Waals surface area contributed by atoms with E-state index in [4.69, 9.17) is 5.73 Å². The van der Waals surface area contributed by atoms with Gasteiger partial charge in [0.25, 0.3) is 0 Å². The molecule has 1 atom stereocenters. The van der Waals surface area contributed by atoms with Crippen LogP contribution in [0.1, 0.15) is 30.9 Å². The van der Waals surface area contributed by atoms with Gasteiger partial charge in [-0.1, -0.05) is 24.3 Å². The van der Waals surface area contributed by atoms with Crippen LogP contribution in [0.4, 0.5) is 0 Å². The smallest absolute Gasteiger partial charge is 0.218 e. The van der Waals surface area contributed by atoms with Crippen molar-refractivity contribution < 1.29 is 4.79 Å². The molecule has 98 valence electrons. The van der Waals surface area contributed by atoms with Crippen molar-refractivity contribution in [3.05, 3.63) is 35.4 Å². The molecule has 3 nitrogen and oxygen atoms in total. The van der Waals surface area contributed by atoms with Crippen LogP contribution < -0.4 is 11.1 Å². The Labute approximate surface area is 109 Å². The number of hydrogen-bond acceptors (Lipinski definition) is 2. The van der Waals surface area contributed by atoms with Gasteiger partial charge in [0.1, 0.15) is 0 Å². The highest BCUT2D eigenvalue weighted by Gasteiger charge is 2.20. The number of amides is 1. The molecular formula is C15H22N2O. The number of benzene rings is 1. The first-order chi connectivity index (χ1) is 8.65. The molecule has 0 saturated carbocycles. The SMILES string of the molecule is C[C@H](CC(N)=O)NCCC1Cc2ccccc2C1. The van der Waals surface area contributed by atoms with Crippen LogP contribution in [-0.4, -0.2) is 18.5 Å². The number of carbonyl (C=O) groups is 1. The van der Waals surface area contributed by atoms with E-state index >= 15 is 0 Å². The first-order valence-electron chi connectivity index (χ1n) is 6.73. The Morgan fingerprint density at radius 1 is 1.39 bits per heavy atom. The van der Waals surface area contributed by atoms with E-state index < -0.39 is 0 Å². The number of carbonyl (C=O) groups excluding carboxylic acids is 1. The average Bonchev–Trinajstić information content (AvgIpc) is 2.70. The van der Waals surface area contributed by atoms with Gasteiger partial charge in [-0.05, 0) is 49.8 Å². The molecule has 0 unspecified atom stereocenters. The minimum absolute atomic E-state index is 0.186. The highest BCUT2D eigenvalue weighted by Crippen LogP contribution is 2.28. The summed E-state index contributed by atoms with van der Waals surface area (Å²) >= 11 is 0. The van der Waals surface area contributed by atoms with Crippen molar-refractivity contribution in [1.29, 1.82) is 0 Å². The van der Waals surface area contributed by atoms with E-state index in [9.17, 15) is 4.79 Å². The third kappa shape index (κ3) is 3.57. The van der Waals surface area contributed by atoms with Gasteiger partial charge in [-0.3, -0.25) is 4.79 Å². The molecule has 3 heteroatoms. The highest BCUT2D eigenvalue weighted by molar-refractivity contribution is 5.74. The topological polar surface area (TPSA) is 55.1 Å². The zero-order valence-corrected chi connectivity index (χ0v) is 11.0. The molecule has 1 aromatic rings. The van der Waals surface area contributed by atoms with Crippen LogP contribution in [0.2, 0.25) is 0 Å². The van der Waals surface area contributed by atoms with Crippen LogP contribution >= 0.6 is 0 Å². The van der Waals surface area contributed by atoms with Crippen molar-refractivity contribution in [2.24, 2.45) is 11.7 Å². The quantitative estimate of drug-likeness (QED) is 0.802. The molecule has 1 amide bonds. The maximum atomic E-state index is 10.8. The molecule has 1 aliphatic carbocycles. The molecule has 0 aliphatic heterocycles. The first-order valence-corrected chi connectivity index (χ1v) is 6.73. The summed E-state index contributed by atoms with van der Waals surface area (Å²) in [5.74, 6) is 0.513. The van der Waals surface area contributed by atoms with Crippen molar-refractivity contribution in [2.75, 3.05) is 6.54 Å². The Balaban J connectivity index is 1.69. The third-order valence-corrected chi connectivity index (χ3v) is 3.69. The molecule has 0 fully saturated rings. The number of fused-ring (bicyclic) bond motifs is 1. The summed E-state index contributed by atoms with van der Waals surface area (Å²) in [4.78, 5) is 10.8. The lowest BCUT2D eigenvalue weighted by Crippen LogP contribution is -2.32. The minimum Gasteiger partial charge on any atom is -0.370 e. The predicted octanol–water partition coefficient (Wildman–Crippen LogP) is 1.64. The van der Waals surface area contributed by atoms with Crippen LogP contribution in [0, 0.1) is 5.92 Å². The van der Waals surface area contributed by atoms with Gasteiger partial charge in [0.05, 0.1) is 0 Å². The van der Waals surface area contributed by atoms with E-state index in [0.717, 1.165) is 18.9 Å². The molecule has 0 heterocycles. The monoisotopic (exact) mass is 246 g/mol. The van der Waals surface area contributed by atoms with Crippen LogP contribution in [0.3, 0.4) is 0 Å². The Kier molecular flexibility index (Phi) is 4.37. The summed E-state index contributed by atoms with van der Waals surface area (Å²) in [6, 6.07) is 8.89. The van der Waals surface area contributed by atoms with E-state index in [1.54, 1.807) is 0 Å². The van der Waals surface area contributed by atoms with Gasteiger partial charge < -0.3 is 11.1 Å². The highest BCUT2D eigenvalue weighted by atomic mass is 16.1. The number of rotatable bonds is 6. The molecular weight excluding hydrogens is 224 g/mol. The molecule has 0 radical (unpaired) electrons. The van der Waals surface area contributed by atoms with Gasteiger partial charge in [0.2, 0.25) is 5.91 Å². The van der Waals surface area contributed by atoms with Crippen molar-refractivity contribution in [3.8, 4) is 0 Å². The van der Waals surface area contributed by atoms with E-state index in [-0.39, 0.29) is 11.9 Å². The number of nitrogens with one attached hydrogen (secondary N) is 1. The maximum absolute atomic E-state index is 10.8. The molecule has 0 bridgehead atoms. The lowest BCUT2D eigenvalue weighted by atomic mass is 10.0. The lowest BCUT2D eigenvalue weighted by Gasteiger charge is -2.14. The molecule has 0 aromatic heterocycles. The Morgan fingerprint density at radius 3 is 2.56 bits per heavy atom. The normalized spacial score (nSPS) is 16.5. The van der Waals surface area contributed by atoms with E-state index in [1.807, 2.05) is 6.92 Å². The summed E-state index contributed by atoms with van der Waals surface area (Å²) in [6.45, 7) is 2.97. The molecule has 0 spiro atoms. The minimum atomic E-state index is -0.233. The summed E-state index contributed by atoms with van der Waals surface area (Å²) < 4.78 is 0. The van der Waals surface area contributed by atoms with Crippen molar-refractivity contribution in [3.63, 3.8) is 0 Å². The van der Waals surface area contributed by atoms with E-state index in [2.05, 4.69) is 29.6 Å². The molecule has 1 aliphatic rings.